The van der Waals surface area contributed by atoms with Crippen molar-refractivity contribution in [1.29, 1.82) is 0 Å². The van der Waals surface area contributed by atoms with Gasteiger partial charge in [-0.15, -0.1) is 11.3 Å². The topological polar surface area (TPSA) is 90.9 Å². The summed E-state index contributed by atoms with van der Waals surface area (Å²) in [7, 11) is 0. The molecule has 8 heteroatoms. The van der Waals surface area contributed by atoms with Gasteiger partial charge in [-0.2, -0.15) is 0 Å². The van der Waals surface area contributed by atoms with Crippen LogP contribution in [-0.4, -0.2) is 37.2 Å². The molecular formula is C25H31NO6S. The maximum Gasteiger partial charge on any atom is 0.348 e. The summed E-state index contributed by atoms with van der Waals surface area (Å²) in [5.41, 5.74) is 2.65. The predicted octanol–water partition coefficient (Wildman–Crippen LogP) is 5.36. The third kappa shape index (κ3) is 6.13. The van der Waals surface area contributed by atoms with Crippen molar-refractivity contribution in [2.24, 2.45) is 0 Å². The van der Waals surface area contributed by atoms with Gasteiger partial charge < -0.3 is 19.5 Å². The Morgan fingerprint density at radius 2 is 1.76 bits per heavy atom. The number of nitrogens with one attached hydrogen (secondary N) is 1. The first-order valence-electron chi connectivity index (χ1n) is 11.3. The number of carbonyl (C=O) groups is 3. The molecule has 1 aromatic heterocycles. The largest absolute Gasteiger partial charge is 0.483 e. The van der Waals surface area contributed by atoms with E-state index in [0.717, 1.165) is 54.6 Å². The summed E-state index contributed by atoms with van der Waals surface area (Å²) in [5, 5.41) is 2.98. The zero-order chi connectivity index (χ0) is 24.0. The molecule has 0 unspecified atom stereocenters. The molecule has 1 N–H and O–H groups in total. The van der Waals surface area contributed by atoms with Crippen LogP contribution in [0.4, 0.5) is 5.00 Å². The molecule has 33 heavy (non-hydrogen) atoms. The van der Waals surface area contributed by atoms with Gasteiger partial charge in [-0.3, -0.25) is 4.79 Å². The molecule has 1 aliphatic rings. The molecule has 3 rings (SSSR count). The molecule has 1 aromatic carbocycles. The van der Waals surface area contributed by atoms with Crippen molar-refractivity contribution in [1.82, 2.24) is 0 Å². The Balaban J connectivity index is 1.76. The first-order chi connectivity index (χ1) is 15.8. The predicted molar refractivity (Wildman–Crippen MR) is 127 cm³/mol. The number of hydrogen-bond acceptors (Lipinski definition) is 7. The van der Waals surface area contributed by atoms with Crippen LogP contribution in [0.2, 0.25) is 0 Å². The number of benzene rings is 1. The lowest BCUT2D eigenvalue weighted by atomic mass is 9.98. The molecule has 178 valence electrons. The maximum atomic E-state index is 12.8. The lowest BCUT2D eigenvalue weighted by Crippen LogP contribution is -2.21. The number of aryl methyl sites for hydroxylation is 1. The summed E-state index contributed by atoms with van der Waals surface area (Å²) < 4.78 is 16.5. The van der Waals surface area contributed by atoms with E-state index in [1.54, 1.807) is 19.9 Å². The third-order valence-corrected chi connectivity index (χ3v) is 6.99. The van der Waals surface area contributed by atoms with Crippen molar-refractivity contribution in [2.75, 3.05) is 18.5 Å². The monoisotopic (exact) mass is 473 g/mol. The maximum absolute atomic E-state index is 12.8. The number of anilines is 1. The Hall–Kier alpha value is -2.87. The highest BCUT2D eigenvalue weighted by molar-refractivity contribution is 7.18. The van der Waals surface area contributed by atoms with E-state index >= 15 is 0 Å². The zero-order valence-electron chi connectivity index (χ0n) is 19.6. The summed E-state index contributed by atoms with van der Waals surface area (Å²) in [6.07, 6.45) is 4.82. The quantitative estimate of drug-likeness (QED) is 0.519. The fourth-order valence-corrected chi connectivity index (χ4v) is 4.91. The van der Waals surface area contributed by atoms with Gasteiger partial charge in [-0.25, -0.2) is 9.59 Å². The normalized spacial score (nSPS) is 13.9. The van der Waals surface area contributed by atoms with Crippen LogP contribution in [0, 0.1) is 20.8 Å². The average molecular weight is 474 g/mol. The molecule has 1 heterocycles. The van der Waals surface area contributed by atoms with E-state index in [2.05, 4.69) is 5.32 Å². The van der Waals surface area contributed by atoms with Crippen molar-refractivity contribution in [3.63, 3.8) is 0 Å². The van der Waals surface area contributed by atoms with E-state index in [4.69, 9.17) is 14.2 Å². The Kier molecular flexibility index (Phi) is 8.49. The number of esters is 2. The summed E-state index contributed by atoms with van der Waals surface area (Å²) in [4.78, 5) is 38.4. The Morgan fingerprint density at radius 1 is 1.03 bits per heavy atom. The summed E-state index contributed by atoms with van der Waals surface area (Å²) in [5.74, 6) is -0.874. The molecule has 0 radical (unpaired) electrons. The number of thiophene rings is 1. The molecule has 0 aliphatic heterocycles. The fourth-order valence-electron chi connectivity index (χ4n) is 3.82. The number of rotatable bonds is 8. The van der Waals surface area contributed by atoms with Gasteiger partial charge in [0.2, 0.25) is 0 Å². The molecule has 0 atom stereocenters. The van der Waals surface area contributed by atoms with Crippen LogP contribution < -0.4 is 10.1 Å². The van der Waals surface area contributed by atoms with E-state index in [-0.39, 0.29) is 29.9 Å². The molecule has 0 bridgehead atoms. The summed E-state index contributed by atoms with van der Waals surface area (Å²) >= 11 is 1.03. The standard InChI is InChI=1S/C25H31NO6S/c1-5-30-24(28)21-17(4)22(25(29)32-18-11-7-6-8-12-18)33-23(21)26-20(27)14-31-19-13-9-10-15(2)16(19)3/h9-10,13,18H,5-8,11-12,14H2,1-4H3,(H,26,27). The lowest BCUT2D eigenvalue weighted by molar-refractivity contribution is -0.118. The highest BCUT2D eigenvalue weighted by Gasteiger charge is 2.29. The number of ether oxygens (including phenoxy) is 3. The van der Waals surface area contributed by atoms with E-state index in [9.17, 15) is 14.4 Å². The van der Waals surface area contributed by atoms with Gasteiger partial charge in [0.05, 0.1) is 12.2 Å². The van der Waals surface area contributed by atoms with Gasteiger partial charge in [0, 0.05) is 0 Å². The van der Waals surface area contributed by atoms with Crippen LogP contribution in [0.3, 0.4) is 0 Å². The Morgan fingerprint density at radius 3 is 2.45 bits per heavy atom. The molecule has 1 fully saturated rings. The molecule has 1 amide bonds. The van der Waals surface area contributed by atoms with Crippen molar-refractivity contribution in [2.45, 2.75) is 65.9 Å². The Bertz CT molecular complexity index is 1020. The molecule has 2 aromatic rings. The molecular weight excluding hydrogens is 442 g/mol. The second kappa shape index (κ2) is 11.3. The van der Waals surface area contributed by atoms with E-state index < -0.39 is 17.8 Å². The number of amides is 1. The first kappa shape index (κ1) is 24.8. The first-order valence-corrected chi connectivity index (χ1v) is 12.1. The van der Waals surface area contributed by atoms with Gasteiger partial charge in [-0.05, 0) is 76.1 Å². The Labute approximate surface area is 198 Å². The second-order valence-electron chi connectivity index (χ2n) is 8.18. The molecule has 7 nitrogen and oxygen atoms in total. The summed E-state index contributed by atoms with van der Waals surface area (Å²) in [6, 6.07) is 5.63. The minimum atomic E-state index is -0.589. The lowest BCUT2D eigenvalue weighted by Gasteiger charge is -2.21. The van der Waals surface area contributed by atoms with Gasteiger partial charge in [0.25, 0.3) is 5.91 Å². The van der Waals surface area contributed by atoms with Crippen LogP contribution in [0.5, 0.6) is 5.75 Å². The minimum Gasteiger partial charge on any atom is -0.483 e. The zero-order valence-corrected chi connectivity index (χ0v) is 20.4. The smallest absolute Gasteiger partial charge is 0.348 e. The second-order valence-corrected chi connectivity index (χ2v) is 9.20. The number of hydrogen-bond donors (Lipinski definition) is 1. The molecule has 0 saturated heterocycles. The average Bonchev–Trinajstić information content (AvgIpc) is 3.11. The van der Waals surface area contributed by atoms with Crippen LogP contribution in [0.15, 0.2) is 18.2 Å². The summed E-state index contributed by atoms with van der Waals surface area (Å²) in [6.45, 7) is 7.21. The van der Waals surface area contributed by atoms with E-state index in [1.807, 2.05) is 26.0 Å². The minimum absolute atomic E-state index is 0.109. The highest BCUT2D eigenvalue weighted by Crippen LogP contribution is 2.35. The fraction of sp³-hybridized carbons (Fsp3) is 0.480. The van der Waals surface area contributed by atoms with Crippen molar-refractivity contribution in [3.05, 3.63) is 45.3 Å². The highest BCUT2D eigenvalue weighted by atomic mass is 32.1. The molecule has 1 aliphatic carbocycles. The van der Waals surface area contributed by atoms with Crippen LogP contribution >= 0.6 is 11.3 Å². The number of carbonyl (C=O) groups excluding carboxylic acids is 3. The van der Waals surface area contributed by atoms with Crippen LogP contribution in [0.1, 0.15) is 75.7 Å². The van der Waals surface area contributed by atoms with Crippen molar-refractivity contribution in [3.8, 4) is 5.75 Å². The van der Waals surface area contributed by atoms with Crippen molar-refractivity contribution >= 4 is 34.2 Å². The van der Waals surface area contributed by atoms with Crippen LogP contribution in [0.25, 0.3) is 0 Å². The van der Waals surface area contributed by atoms with Gasteiger partial charge >= 0.3 is 11.9 Å². The SMILES string of the molecule is CCOC(=O)c1c(NC(=O)COc2cccc(C)c2C)sc(C(=O)OC2CCCCC2)c1C. The van der Waals surface area contributed by atoms with E-state index in [0.29, 0.717) is 16.2 Å². The molecule has 1 saturated carbocycles. The third-order valence-electron chi connectivity index (χ3n) is 5.80. The van der Waals surface area contributed by atoms with Crippen LogP contribution in [-0.2, 0) is 14.3 Å². The van der Waals surface area contributed by atoms with Gasteiger partial charge in [0.15, 0.2) is 6.61 Å². The molecule has 0 spiro atoms. The van der Waals surface area contributed by atoms with Gasteiger partial charge in [0.1, 0.15) is 21.7 Å². The van der Waals surface area contributed by atoms with E-state index in [1.165, 1.54) is 0 Å². The van der Waals surface area contributed by atoms with Gasteiger partial charge in [-0.1, -0.05) is 18.6 Å². The van der Waals surface area contributed by atoms with Crippen molar-refractivity contribution < 1.29 is 28.6 Å².